The second kappa shape index (κ2) is 5.05. The molecule has 8 heteroatoms. The number of anilines is 1. The van der Waals surface area contributed by atoms with E-state index < -0.39 is 9.84 Å². The molecule has 1 aromatic heterocycles. The average molecular weight is 323 g/mol. The molecule has 0 aliphatic carbocycles. The number of sulfone groups is 1. The molecule has 2 rings (SSSR count). The Balaban J connectivity index is 2.33. The molecule has 1 heterocycles. The van der Waals surface area contributed by atoms with E-state index in [1.165, 1.54) is 29.5 Å². The third kappa shape index (κ3) is 2.95. The first kappa shape index (κ1) is 13.6. The van der Waals surface area contributed by atoms with Gasteiger partial charge in [0.05, 0.1) is 26.4 Å². The molecule has 0 fully saturated rings. The molecular formula is C10H8Cl2N2O2S2. The molecule has 0 aliphatic rings. The number of nitrogens with zero attached hydrogens (tertiary/aromatic N) is 1. The van der Waals surface area contributed by atoms with Gasteiger partial charge in [0.2, 0.25) is 0 Å². The van der Waals surface area contributed by atoms with Crippen LogP contribution in [0.1, 0.15) is 5.69 Å². The topological polar surface area (TPSA) is 73.0 Å². The van der Waals surface area contributed by atoms with Crippen LogP contribution in [0, 0.1) is 0 Å². The molecule has 0 saturated heterocycles. The summed E-state index contributed by atoms with van der Waals surface area (Å²) in [5, 5.41) is 2.48. The van der Waals surface area contributed by atoms with Gasteiger partial charge in [0.15, 0.2) is 15.0 Å². The number of halogens is 2. The van der Waals surface area contributed by atoms with E-state index in [0.717, 1.165) is 0 Å². The van der Waals surface area contributed by atoms with E-state index in [9.17, 15) is 8.42 Å². The zero-order chi connectivity index (χ0) is 13.3. The Labute approximate surface area is 118 Å². The monoisotopic (exact) mass is 322 g/mol. The number of benzene rings is 1. The van der Waals surface area contributed by atoms with Crippen molar-refractivity contribution in [3.63, 3.8) is 0 Å². The number of thiazole rings is 1. The highest BCUT2D eigenvalue weighted by molar-refractivity contribution is 7.90. The molecule has 0 atom stereocenters. The van der Waals surface area contributed by atoms with Crippen molar-refractivity contribution in [3.8, 4) is 0 Å². The van der Waals surface area contributed by atoms with Gasteiger partial charge in [-0.3, -0.25) is 0 Å². The summed E-state index contributed by atoms with van der Waals surface area (Å²) in [4.78, 5) is 4.03. The first-order valence-electron chi connectivity index (χ1n) is 4.76. The molecule has 96 valence electrons. The van der Waals surface area contributed by atoms with Gasteiger partial charge in [-0.05, 0) is 18.2 Å². The molecule has 2 aromatic rings. The molecule has 0 radical (unpaired) electrons. The van der Waals surface area contributed by atoms with Crippen molar-refractivity contribution in [3.05, 3.63) is 39.3 Å². The molecule has 2 N–H and O–H groups in total. The number of nitrogens with two attached hydrogens (primary N) is 1. The Morgan fingerprint density at radius 2 is 2.00 bits per heavy atom. The lowest BCUT2D eigenvalue weighted by Gasteiger charge is -2.04. The van der Waals surface area contributed by atoms with E-state index in [4.69, 9.17) is 28.9 Å². The van der Waals surface area contributed by atoms with Gasteiger partial charge in [-0.1, -0.05) is 23.2 Å². The summed E-state index contributed by atoms with van der Waals surface area (Å²) in [6.45, 7) is 0. The van der Waals surface area contributed by atoms with E-state index >= 15 is 0 Å². The van der Waals surface area contributed by atoms with Gasteiger partial charge in [0, 0.05) is 5.38 Å². The molecule has 0 saturated carbocycles. The summed E-state index contributed by atoms with van der Waals surface area (Å²) in [5.41, 5.74) is 5.87. The number of nitrogen functional groups attached to an aromatic ring is 1. The molecule has 0 unspecified atom stereocenters. The van der Waals surface area contributed by atoms with Crippen molar-refractivity contribution in [2.24, 2.45) is 0 Å². The zero-order valence-corrected chi connectivity index (χ0v) is 12.1. The van der Waals surface area contributed by atoms with Crippen LogP contribution in [-0.4, -0.2) is 13.4 Å². The van der Waals surface area contributed by atoms with Crippen LogP contribution < -0.4 is 5.73 Å². The largest absolute Gasteiger partial charge is 0.375 e. The first-order valence-corrected chi connectivity index (χ1v) is 8.05. The second-order valence-electron chi connectivity index (χ2n) is 3.51. The molecule has 0 spiro atoms. The Morgan fingerprint density at radius 3 is 2.56 bits per heavy atom. The van der Waals surface area contributed by atoms with Crippen molar-refractivity contribution < 1.29 is 8.42 Å². The Morgan fingerprint density at radius 1 is 1.28 bits per heavy atom. The Hall–Kier alpha value is -0.820. The van der Waals surface area contributed by atoms with Crippen molar-refractivity contribution >= 4 is 49.5 Å². The minimum Gasteiger partial charge on any atom is -0.375 e. The maximum absolute atomic E-state index is 12.1. The lowest BCUT2D eigenvalue weighted by atomic mass is 10.4. The van der Waals surface area contributed by atoms with E-state index in [2.05, 4.69) is 4.98 Å². The van der Waals surface area contributed by atoms with Crippen molar-refractivity contribution in [1.82, 2.24) is 4.98 Å². The fourth-order valence-electron chi connectivity index (χ4n) is 1.34. The number of rotatable bonds is 3. The summed E-state index contributed by atoms with van der Waals surface area (Å²) >= 11 is 12.7. The van der Waals surface area contributed by atoms with E-state index in [1.54, 1.807) is 5.38 Å². The summed E-state index contributed by atoms with van der Waals surface area (Å²) in [7, 11) is -3.49. The number of hydrogen-bond donors (Lipinski definition) is 1. The predicted molar refractivity (Wildman–Crippen MR) is 73.9 cm³/mol. The third-order valence-corrected chi connectivity index (χ3v) is 5.27. The summed E-state index contributed by atoms with van der Waals surface area (Å²) in [6.07, 6.45) is 0. The maximum atomic E-state index is 12.1. The lowest BCUT2D eigenvalue weighted by molar-refractivity contribution is 0.595. The summed E-state index contributed by atoms with van der Waals surface area (Å²) in [6, 6.07) is 4.19. The van der Waals surface area contributed by atoms with Gasteiger partial charge in [-0.15, -0.1) is 11.3 Å². The normalized spacial score (nSPS) is 11.7. The van der Waals surface area contributed by atoms with Crippen molar-refractivity contribution in [2.75, 3.05) is 5.73 Å². The first-order chi connectivity index (χ1) is 8.38. The SMILES string of the molecule is Nc1nc(CS(=O)(=O)c2ccc(Cl)c(Cl)c2)cs1. The van der Waals surface area contributed by atoms with Crippen LogP contribution in [-0.2, 0) is 15.6 Å². The van der Waals surface area contributed by atoms with Crippen molar-refractivity contribution in [2.45, 2.75) is 10.6 Å². The average Bonchev–Trinajstić information content (AvgIpc) is 2.67. The molecule has 1 aromatic carbocycles. The smallest absolute Gasteiger partial charge is 0.184 e. The fourth-order valence-corrected chi connectivity index (χ4v) is 3.65. The second-order valence-corrected chi connectivity index (χ2v) is 7.21. The predicted octanol–water partition coefficient (Wildman–Crippen LogP) is 3.01. The van der Waals surface area contributed by atoms with Gasteiger partial charge in [0.1, 0.15) is 0 Å². The van der Waals surface area contributed by atoms with Crippen LogP contribution in [0.15, 0.2) is 28.5 Å². The van der Waals surface area contributed by atoms with Gasteiger partial charge in [0.25, 0.3) is 0 Å². The molecule has 0 amide bonds. The third-order valence-electron chi connectivity index (χ3n) is 2.16. The summed E-state index contributed by atoms with van der Waals surface area (Å²) in [5.74, 6) is -0.210. The highest BCUT2D eigenvalue weighted by Gasteiger charge is 2.18. The standard InChI is InChI=1S/C10H8Cl2N2O2S2/c11-8-2-1-7(3-9(8)12)18(15,16)5-6-4-17-10(13)14-6/h1-4H,5H2,(H2,13,14). The molecule has 18 heavy (non-hydrogen) atoms. The molecule has 0 bridgehead atoms. The Bertz CT molecular complexity index is 683. The van der Waals surface area contributed by atoms with Crippen LogP contribution in [0.25, 0.3) is 0 Å². The van der Waals surface area contributed by atoms with Crippen LogP contribution in [0.2, 0.25) is 10.0 Å². The van der Waals surface area contributed by atoms with Gasteiger partial charge in [-0.2, -0.15) is 0 Å². The van der Waals surface area contributed by atoms with Crippen LogP contribution >= 0.6 is 34.5 Å². The molecule has 0 aliphatic heterocycles. The molecule has 4 nitrogen and oxygen atoms in total. The van der Waals surface area contributed by atoms with E-state index in [-0.39, 0.29) is 15.7 Å². The number of hydrogen-bond acceptors (Lipinski definition) is 5. The lowest BCUT2D eigenvalue weighted by Crippen LogP contribution is -2.05. The highest BCUT2D eigenvalue weighted by atomic mass is 35.5. The summed E-state index contributed by atoms with van der Waals surface area (Å²) < 4.78 is 24.2. The van der Waals surface area contributed by atoms with Crippen LogP contribution in [0.5, 0.6) is 0 Å². The van der Waals surface area contributed by atoms with E-state index in [1.807, 2.05) is 0 Å². The minimum absolute atomic E-state index is 0.114. The fraction of sp³-hybridized carbons (Fsp3) is 0.100. The van der Waals surface area contributed by atoms with E-state index in [0.29, 0.717) is 15.8 Å². The van der Waals surface area contributed by atoms with Gasteiger partial charge >= 0.3 is 0 Å². The van der Waals surface area contributed by atoms with Crippen molar-refractivity contribution in [1.29, 1.82) is 0 Å². The van der Waals surface area contributed by atoms with Gasteiger partial charge in [-0.25, -0.2) is 13.4 Å². The highest BCUT2D eigenvalue weighted by Crippen LogP contribution is 2.26. The van der Waals surface area contributed by atoms with Gasteiger partial charge < -0.3 is 5.73 Å². The number of aromatic nitrogens is 1. The molecular weight excluding hydrogens is 315 g/mol. The minimum atomic E-state index is -3.49. The quantitative estimate of drug-likeness (QED) is 0.942. The Kier molecular flexibility index (Phi) is 3.82. The van der Waals surface area contributed by atoms with Crippen LogP contribution in [0.3, 0.4) is 0 Å². The van der Waals surface area contributed by atoms with Crippen LogP contribution in [0.4, 0.5) is 5.13 Å². The zero-order valence-electron chi connectivity index (χ0n) is 8.93. The maximum Gasteiger partial charge on any atom is 0.184 e.